The summed E-state index contributed by atoms with van der Waals surface area (Å²) in [5, 5.41) is 3.25. The number of nitrogens with two attached hydrogens (primary N) is 1. The summed E-state index contributed by atoms with van der Waals surface area (Å²) in [6.07, 6.45) is 10.8. The van der Waals surface area contributed by atoms with Crippen LogP contribution < -0.4 is 11.1 Å². The molecule has 126 valence electrons. The van der Waals surface area contributed by atoms with Crippen LogP contribution in [-0.2, 0) is 0 Å². The van der Waals surface area contributed by atoms with Crippen molar-refractivity contribution < 1.29 is 0 Å². The van der Waals surface area contributed by atoms with Gasteiger partial charge in [-0.25, -0.2) is 0 Å². The third kappa shape index (κ3) is 8.74. The van der Waals surface area contributed by atoms with Crippen LogP contribution in [0.1, 0.15) is 51.4 Å². The molecule has 2 fully saturated rings. The molecule has 1 saturated heterocycles. The van der Waals surface area contributed by atoms with E-state index in [0.717, 1.165) is 19.0 Å². The highest BCUT2D eigenvalue weighted by Crippen LogP contribution is 2.23. The van der Waals surface area contributed by atoms with Gasteiger partial charge in [-0.1, -0.05) is 19.3 Å². The lowest BCUT2D eigenvalue weighted by molar-refractivity contribution is 0.334. The summed E-state index contributed by atoms with van der Waals surface area (Å²) in [4.78, 5) is 7.03. The third-order valence-electron chi connectivity index (χ3n) is 4.40. The SMILES string of the molecule is Cl.Cl.NC(=NCC1CCCCC1)NCCCN1CCCC1. The van der Waals surface area contributed by atoms with E-state index in [1.165, 1.54) is 71.0 Å². The first-order chi connectivity index (χ1) is 9.34. The lowest BCUT2D eigenvalue weighted by atomic mass is 9.89. The summed E-state index contributed by atoms with van der Waals surface area (Å²) in [5.74, 6) is 1.42. The van der Waals surface area contributed by atoms with Gasteiger partial charge >= 0.3 is 0 Å². The second-order valence-electron chi connectivity index (χ2n) is 6.06. The van der Waals surface area contributed by atoms with Gasteiger partial charge in [0.25, 0.3) is 0 Å². The van der Waals surface area contributed by atoms with Crippen molar-refractivity contribution in [1.82, 2.24) is 10.2 Å². The molecule has 1 saturated carbocycles. The largest absolute Gasteiger partial charge is 0.370 e. The van der Waals surface area contributed by atoms with Crippen LogP contribution in [0, 0.1) is 5.92 Å². The van der Waals surface area contributed by atoms with Gasteiger partial charge in [-0.15, -0.1) is 24.8 Å². The molecule has 1 heterocycles. The smallest absolute Gasteiger partial charge is 0.188 e. The van der Waals surface area contributed by atoms with Crippen LogP contribution in [0.2, 0.25) is 0 Å². The quantitative estimate of drug-likeness (QED) is 0.444. The van der Waals surface area contributed by atoms with E-state index >= 15 is 0 Å². The van der Waals surface area contributed by atoms with Gasteiger partial charge in [0.2, 0.25) is 0 Å². The molecular weight excluding hydrogens is 307 g/mol. The van der Waals surface area contributed by atoms with E-state index in [0.29, 0.717) is 5.96 Å². The third-order valence-corrected chi connectivity index (χ3v) is 4.40. The normalized spacial score (nSPS) is 20.7. The minimum Gasteiger partial charge on any atom is -0.370 e. The molecule has 4 nitrogen and oxygen atoms in total. The topological polar surface area (TPSA) is 53.6 Å². The van der Waals surface area contributed by atoms with Crippen molar-refractivity contribution >= 4 is 30.8 Å². The minimum absolute atomic E-state index is 0. The van der Waals surface area contributed by atoms with Gasteiger partial charge < -0.3 is 16.0 Å². The van der Waals surface area contributed by atoms with Gasteiger partial charge in [0.1, 0.15) is 0 Å². The summed E-state index contributed by atoms with van der Waals surface area (Å²) in [5.41, 5.74) is 5.91. The van der Waals surface area contributed by atoms with E-state index < -0.39 is 0 Å². The van der Waals surface area contributed by atoms with Crippen molar-refractivity contribution in [1.29, 1.82) is 0 Å². The van der Waals surface area contributed by atoms with Crippen LogP contribution in [0.15, 0.2) is 4.99 Å². The average molecular weight is 339 g/mol. The summed E-state index contributed by atoms with van der Waals surface area (Å²) in [6.45, 7) is 5.64. The van der Waals surface area contributed by atoms with Crippen molar-refractivity contribution in [3.05, 3.63) is 0 Å². The number of aliphatic imine (C=N–C) groups is 1. The molecule has 3 N–H and O–H groups in total. The molecule has 0 aromatic rings. The fraction of sp³-hybridized carbons (Fsp3) is 0.933. The highest BCUT2D eigenvalue weighted by molar-refractivity contribution is 5.85. The van der Waals surface area contributed by atoms with E-state index in [2.05, 4.69) is 15.2 Å². The molecule has 0 bridgehead atoms. The Kier molecular flexibility index (Phi) is 12.3. The molecule has 21 heavy (non-hydrogen) atoms. The Morgan fingerprint density at radius 2 is 1.71 bits per heavy atom. The van der Waals surface area contributed by atoms with Gasteiger partial charge in [-0.3, -0.25) is 4.99 Å². The number of likely N-dealkylation sites (tertiary alicyclic amines) is 1. The van der Waals surface area contributed by atoms with E-state index in [1.807, 2.05) is 0 Å². The highest BCUT2D eigenvalue weighted by Gasteiger charge is 2.12. The van der Waals surface area contributed by atoms with Crippen LogP contribution in [0.4, 0.5) is 0 Å². The van der Waals surface area contributed by atoms with Crippen molar-refractivity contribution in [3.8, 4) is 0 Å². The lowest BCUT2D eigenvalue weighted by Gasteiger charge is -2.19. The Morgan fingerprint density at radius 1 is 1.05 bits per heavy atom. The Hall–Kier alpha value is -0.190. The van der Waals surface area contributed by atoms with Gasteiger partial charge in [-0.2, -0.15) is 0 Å². The van der Waals surface area contributed by atoms with Gasteiger partial charge in [-0.05, 0) is 57.7 Å². The highest BCUT2D eigenvalue weighted by atomic mass is 35.5. The van der Waals surface area contributed by atoms with Crippen LogP contribution in [0.3, 0.4) is 0 Å². The number of guanidine groups is 1. The molecular formula is C15H32Cl2N4. The fourth-order valence-corrected chi connectivity index (χ4v) is 3.18. The molecule has 2 aliphatic rings. The lowest BCUT2D eigenvalue weighted by Crippen LogP contribution is -2.34. The maximum Gasteiger partial charge on any atom is 0.188 e. The Bertz CT molecular complexity index is 275. The first-order valence-electron chi connectivity index (χ1n) is 8.11. The summed E-state index contributed by atoms with van der Waals surface area (Å²) < 4.78 is 0. The minimum atomic E-state index is 0. The average Bonchev–Trinajstić information content (AvgIpc) is 2.96. The number of nitrogens with one attached hydrogen (secondary N) is 1. The molecule has 0 radical (unpaired) electrons. The second-order valence-corrected chi connectivity index (χ2v) is 6.06. The molecule has 0 unspecified atom stereocenters. The van der Waals surface area contributed by atoms with Crippen LogP contribution in [0.5, 0.6) is 0 Å². The fourth-order valence-electron chi connectivity index (χ4n) is 3.18. The molecule has 0 aromatic carbocycles. The molecule has 2 rings (SSSR count). The zero-order valence-electron chi connectivity index (χ0n) is 13.1. The van der Waals surface area contributed by atoms with Gasteiger partial charge in [0.15, 0.2) is 5.96 Å². The standard InChI is InChI=1S/C15H30N4.2ClH/c16-15(18-13-14-7-2-1-3-8-14)17-9-6-12-19-10-4-5-11-19;;/h14H,1-13H2,(H3,16,17,18);2*1H. The van der Waals surface area contributed by atoms with Crippen molar-refractivity contribution in [2.45, 2.75) is 51.4 Å². The first-order valence-corrected chi connectivity index (χ1v) is 8.11. The second kappa shape index (κ2) is 12.4. The predicted molar refractivity (Wildman–Crippen MR) is 95.9 cm³/mol. The molecule has 1 aliphatic carbocycles. The zero-order chi connectivity index (χ0) is 13.3. The molecule has 0 spiro atoms. The number of hydrogen-bond acceptors (Lipinski definition) is 2. The van der Waals surface area contributed by atoms with E-state index in [4.69, 9.17) is 5.73 Å². The van der Waals surface area contributed by atoms with Crippen molar-refractivity contribution in [2.24, 2.45) is 16.6 Å². The monoisotopic (exact) mass is 338 g/mol. The first kappa shape index (κ1) is 20.8. The van der Waals surface area contributed by atoms with Crippen LogP contribution in [-0.4, -0.2) is 43.6 Å². The Labute approximate surface area is 142 Å². The van der Waals surface area contributed by atoms with Crippen molar-refractivity contribution in [2.75, 3.05) is 32.7 Å². The number of rotatable bonds is 6. The Balaban J connectivity index is 0.00000200. The molecule has 0 amide bonds. The van der Waals surface area contributed by atoms with Crippen LogP contribution >= 0.6 is 24.8 Å². The summed E-state index contributed by atoms with van der Waals surface area (Å²) in [7, 11) is 0. The van der Waals surface area contributed by atoms with E-state index in [-0.39, 0.29) is 24.8 Å². The molecule has 0 atom stereocenters. The van der Waals surface area contributed by atoms with Crippen LogP contribution in [0.25, 0.3) is 0 Å². The number of hydrogen-bond donors (Lipinski definition) is 2. The van der Waals surface area contributed by atoms with Crippen molar-refractivity contribution in [3.63, 3.8) is 0 Å². The van der Waals surface area contributed by atoms with E-state index in [1.54, 1.807) is 0 Å². The molecule has 6 heteroatoms. The van der Waals surface area contributed by atoms with Gasteiger partial charge in [0, 0.05) is 13.1 Å². The Morgan fingerprint density at radius 3 is 2.38 bits per heavy atom. The maximum atomic E-state index is 5.91. The van der Waals surface area contributed by atoms with Gasteiger partial charge in [0.05, 0.1) is 0 Å². The summed E-state index contributed by atoms with van der Waals surface area (Å²) in [6, 6.07) is 0. The zero-order valence-corrected chi connectivity index (χ0v) is 14.7. The molecule has 0 aromatic heterocycles. The maximum absolute atomic E-state index is 5.91. The predicted octanol–water partition coefficient (Wildman–Crippen LogP) is 2.80. The number of nitrogens with zero attached hydrogens (tertiary/aromatic N) is 2. The number of halogens is 2. The summed E-state index contributed by atoms with van der Waals surface area (Å²) >= 11 is 0. The molecule has 1 aliphatic heterocycles. The van der Waals surface area contributed by atoms with E-state index in [9.17, 15) is 0 Å².